The van der Waals surface area contributed by atoms with E-state index in [1.54, 1.807) is 12.4 Å². The van der Waals surface area contributed by atoms with E-state index >= 15 is 0 Å². The largest absolute Gasteiger partial charge is 0.485 e. The zero-order chi connectivity index (χ0) is 26.3. The smallest absolute Gasteiger partial charge is 0.410 e. The van der Waals surface area contributed by atoms with E-state index in [1.807, 2.05) is 56.0 Å². The Kier molecular flexibility index (Phi) is 6.34. The van der Waals surface area contributed by atoms with E-state index in [4.69, 9.17) is 24.2 Å². The van der Waals surface area contributed by atoms with Gasteiger partial charge in [0, 0.05) is 44.1 Å². The molecule has 0 saturated carbocycles. The van der Waals surface area contributed by atoms with E-state index in [9.17, 15) is 4.79 Å². The van der Waals surface area contributed by atoms with Gasteiger partial charge in [0.15, 0.2) is 5.82 Å². The molecule has 5 heterocycles. The van der Waals surface area contributed by atoms with Gasteiger partial charge in [-0.15, -0.1) is 0 Å². The van der Waals surface area contributed by atoms with Gasteiger partial charge in [-0.05, 0) is 69.7 Å². The number of carbonyl (C=O) groups is 1. The molecule has 9 heteroatoms. The molecular weight excluding hydrogens is 482 g/mol. The maximum absolute atomic E-state index is 12.7. The molecule has 2 aromatic heterocycles. The minimum absolute atomic E-state index is 0.0512. The zero-order valence-electron chi connectivity index (χ0n) is 22.4. The molecule has 9 nitrogen and oxygen atoms in total. The van der Waals surface area contributed by atoms with Gasteiger partial charge in [0.1, 0.15) is 23.3 Å². The number of piperidine rings is 1. The molecule has 0 bridgehead atoms. The van der Waals surface area contributed by atoms with Crippen molar-refractivity contribution < 1.29 is 19.0 Å². The summed E-state index contributed by atoms with van der Waals surface area (Å²) in [6.45, 7) is 10.1. The number of ether oxygens (including phenoxy) is 3. The number of likely N-dealkylation sites (tertiary alicyclic amines) is 1. The van der Waals surface area contributed by atoms with Crippen LogP contribution in [0.5, 0.6) is 5.75 Å². The summed E-state index contributed by atoms with van der Waals surface area (Å²) >= 11 is 0. The third-order valence-electron chi connectivity index (χ3n) is 7.72. The molecule has 3 aromatic rings. The summed E-state index contributed by atoms with van der Waals surface area (Å²) in [7, 11) is 0. The van der Waals surface area contributed by atoms with E-state index in [0.29, 0.717) is 19.0 Å². The first-order valence-corrected chi connectivity index (χ1v) is 13.5. The summed E-state index contributed by atoms with van der Waals surface area (Å²) in [5, 5.41) is 0.940. The molecule has 3 saturated heterocycles. The Bertz CT molecular complexity index is 1310. The lowest BCUT2D eigenvalue weighted by molar-refractivity contribution is -0.0791. The molecule has 1 aromatic carbocycles. The Hall–Kier alpha value is -3.46. The summed E-state index contributed by atoms with van der Waals surface area (Å²) in [5.41, 5.74) is 1.42. The van der Waals surface area contributed by atoms with Gasteiger partial charge >= 0.3 is 6.09 Å². The normalized spacial score (nSPS) is 19.6. The third kappa shape index (κ3) is 4.99. The highest BCUT2D eigenvalue weighted by molar-refractivity contribution is 5.96. The number of aromatic nitrogens is 3. The highest BCUT2D eigenvalue weighted by atomic mass is 16.6. The molecular formula is C29H35N5O4. The van der Waals surface area contributed by atoms with Gasteiger partial charge in [-0.3, -0.25) is 4.98 Å². The fourth-order valence-electron chi connectivity index (χ4n) is 5.57. The summed E-state index contributed by atoms with van der Waals surface area (Å²) in [5.74, 6) is 2.37. The predicted octanol–water partition coefficient (Wildman–Crippen LogP) is 4.70. The van der Waals surface area contributed by atoms with Crippen molar-refractivity contribution >= 4 is 22.8 Å². The van der Waals surface area contributed by atoms with Crippen molar-refractivity contribution in [2.45, 2.75) is 51.7 Å². The Labute approximate surface area is 223 Å². The van der Waals surface area contributed by atoms with Crippen LogP contribution in [0.4, 0.5) is 10.6 Å². The quantitative estimate of drug-likeness (QED) is 0.492. The van der Waals surface area contributed by atoms with E-state index in [-0.39, 0.29) is 17.6 Å². The van der Waals surface area contributed by atoms with Gasteiger partial charge in [0.2, 0.25) is 0 Å². The monoisotopic (exact) mass is 517 g/mol. The van der Waals surface area contributed by atoms with Gasteiger partial charge < -0.3 is 24.0 Å². The van der Waals surface area contributed by atoms with Crippen molar-refractivity contribution in [3.63, 3.8) is 0 Å². The maximum Gasteiger partial charge on any atom is 0.410 e. The number of hydrogen-bond donors (Lipinski definition) is 0. The highest BCUT2D eigenvalue weighted by Crippen LogP contribution is 2.43. The van der Waals surface area contributed by atoms with Crippen LogP contribution in [0.2, 0.25) is 0 Å². The zero-order valence-corrected chi connectivity index (χ0v) is 22.4. The fraction of sp³-hybridized carbons (Fsp3) is 0.517. The topological polar surface area (TPSA) is 89.9 Å². The molecule has 1 spiro atoms. The number of fused-ring (bicyclic) bond motifs is 1. The third-order valence-corrected chi connectivity index (χ3v) is 7.72. The average molecular weight is 518 g/mol. The van der Waals surface area contributed by atoms with E-state index in [1.165, 1.54) is 0 Å². The van der Waals surface area contributed by atoms with Crippen molar-refractivity contribution in [1.82, 2.24) is 19.9 Å². The minimum atomic E-state index is -0.484. The fourth-order valence-corrected chi connectivity index (χ4v) is 5.57. The number of anilines is 1. The Morgan fingerprint density at radius 3 is 2.45 bits per heavy atom. The number of pyridine rings is 1. The van der Waals surface area contributed by atoms with Crippen molar-refractivity contribution in [3.8, 4) is 17.1 Å². The van der Waals surface area contributed by atoms with Crippen LogP contribution in [0, 0.1) is 5.41 Å². The molecule has 3 aliphatic heterocycles. The number of rotatable bonds is 4. The summed E-state index contributed by atoms with van der Waals surface area (Å²) in [6, 6.07) is 9.88. The molecule has 38 heavy (non-hydrogen) atoms. The van der Waals surface area contributed by atoms with Gasteiger partial charge in [0.05, 0.1) is 24.1 Å². The van der Waals surface area contributed by atoms with Gasteiger partial charge in [-0.2, -0.15) is 0 Å². The Balaban J connectivity index is 1.28. The first-order valence-electron chi connectivity index (χ1n) is 13.5. The van der Waals surface area contributed by atoms with Crippen LogP contribution in [-0.2, 0) is 9.47 Å². The lowest BCUT2D eigenvalue weighted by atomic mass is 9.78. The lowest BCUT2D eigenvalue weighted by Crippen LogP contribution is -2.43. The SMILES string of the molecule is CC(C)(C)OC(=O)N1CCC2(CCN(c3nc(-c4ccncc4)nc4cccc(OC5COC5)c34)CC2)C1. The second kappa shape index (κ2) is 9.69. The lowest BCUT2D eigenvalue weighted by Gasteiger charge is -2.40. The number of benzene rings is 1. The van der Waals surface area contributed by atoms with Crippen molar-refractivity contribution in [2.75, 3.05) is 44.3 Å². The number of hydrogen-bond acceptors (Lipinski definition) is 8. The Morgan fingerprint density at radius 1 is 1.03 bits per heavy atom. The first-order chi connectivity index (χ1) is 18.3. The molecule has 0 atom stereocenters. The minimum Gasteiger partial charge on any atom is -0.485 e. The van der Waals surface area contributed by atoms with E-state index in [0.717, 1.165) is 73.5 Å². The summed E-state index contributed by atoms with van der Waals surface area (Å²) in [4.78, 5) is 31.1. The maximum atomic E-state index is 12.7. The van der Waals surface area contributed by atoms with Gasteiger partial charge in [-0.1, -0.05) is 6.07 Å². The Morgan fingerprint density at radius 2 is 1.76 bits per heavy atom. The molecule has 200 valence electrons. The van der Waals surface area contributed by atoms with Crippen LogP contribution in [0.15, 0.2) is 42.7 Å². The van der Waals surface area contributed by atoms with E-state index < -0.39 is 5.60 Å². The van der Waals surface area contributed by atoms with E-state index in [2.05, 4.69) is 9.88 Å². The molecule has 3 fully saturated rings. The van der Waals surface area contributed by atoms with Gasteiger partial charge in [-0.25, -0.2) is 14.8 Å². The van der Waals surface area contributed by atoms with Crippen molar-refractivity contribution in [1.29, 1.82) is 0 Å². The highest BCUT2D eigenvalue weighted by Gasteiger charge is 2.43. The predicted molar refractivity (Wildman–Crippen MR) is 144 cm³/mol. The molecule has 0 N–H and O–H groups in total. The second-order valence-electron chi connectivity index (χ2n) is 11.7. The van der Waals surface area contributed by atoms with Crippen LogP contribution in [0.1, 0.15) is 40.0 Å². The first kappa shape index (κ1) is 24.9. The van der Waals surface area contributed by atoms with Crippen LogP contribution < -0.4 is 9.64 Å². The second-order valence-corrected chi connectivity index (χ2v) is 11.7. The number of amides is 1. The molecule has 6 rings (SSSR count). The summed E-state index contributed by atoms with van der Waals surface area (Å²) in [6.07, 6.45) is 6.35. The van der Waals surface area contributed by atoms with Crippen molar-refractivity contribution in [2.24, 2.45) is 5.41 Å². The molecule has 0 aliphatic carbocycles. The van der Waals surface area contributed by atoms with Crippen LogP contribution >= 0.6 is 0 Å². The van der Waals surface area contributed by atoms with Gasteiger partial charge in [0.25, 0.3) is 0 Å². The van der Waals surface area contributed by atoms with Crippen LogP contribution in [0.25, 0.3) is 22.3 Å². The van der Waals surface area contributed by atoms with Crippen LogP contribution in [0.3, 0.4) is 0 Å². The number of nitrogens with zero attached hydrogens (tertiary/aromatic N) is 5. The number of carbonyl (C=O) groups excluding carboxylic acids is 1. The molecule has 0 radical (unpaired) electrons. The molecule has 1 amide bonds. The average Bonchev–Trinajstić information content (AvgIpc) is 3.29. The standard InChI is InChI=1S/C29H35N5O4/c1-28(2,3)38-27(35)34-16-11-29(19-34)9-14-33(15-10-29)26-24-22(5-4-6-23(24)37-21-17-36-18-21)31-25(32-26)20-7-12-30-13-8-20/h4-8,12-13,21H,9-11,14-19H2,1-3H3. The van der Waals surface area contributed by atoms with Crippen LogP contribution in [-0.4, -0.2) is 77.0 Å². The molecule has 0 unspecified atom stereocenters. The molecule has 3 aliphatic rings. The van der Waals surface area contributed by atoms with Crippen molar-refractivity contribution in [3.05, 3.63) is 42.7 Å². The summed E-state index contributed by atoms with van der Waals surface area (Å²) < 4.78 is 17.3.